The van der Waals surface area contributed by atoms with Crippen LogP contribution in [0.2, 0.25) is 0 Å². The Labute approximate surface area is 98.7 Å². The molecule has 7 nitrogen and oxygen atoms in total. The molecule has 0 fully saturated rings. The van der Waals surface area contributed by atoms with E-state index in [1.165, 1.54) is 0 Å². The van der Waals surface area contributed by atoms with Crippen LogP contribution < -0.4 is 11.1 Å². The van der Waals surface area contributed by atoms with Crippen LogP contribution in [-0.2, 0) is 4.79 Å². The van der Waals surface area contributed by atoms with E-state index in [0.717, 1.165) is 0 Å². The molecule has 0 saturated heterocycles. The molecule has 7 heteroatoms. The molecule has 2 heterocycles. The minimum Gasteiger partial charge on any atom is -0.394 e. The van der Waals surface area contributed by atoms with E-state index < -0.39 is 0 Å². The van der Waals surface area contributed by atoms with Gasteiger partial charge in [-0.3, -0.25) is 14.7 Å². The summed E-state index contributed by atoms with van der Waals surface area (Å²) in [6, 6.07) is -0.205. The van der Waals surface area contributed by atoms with Crippen molar-refractivity contribution in [2.75, 3.05) is 19.7 Å². The van der Waals surface area contributed by atoms with Crippen molar-refractivity contribution in [2.45, 2.75) is 13.0 Å². The molecule has 4 N–H and O–H groups in total. The van der Waals surface area contributed by atoms with Gasteiger partial charge in [0.2, 0.25) is 5.96 Å². The van der Waals surface area contributed by atoms with Gasteiger partial charge in [-0.2, -0.15) is 0 Å². The highest BCUT2D eigenvalue weighted by molar-refractivity contribution is 6.13. The molecule has 92 valence electrons. The van der Waals surface area contributed by atoms with E-state index in [-0.39, 0.29) is 30.2 Å². The predicted molar refractivity (Wildman–Crippen MR) is 63.4 cm³/mol. The minimum absolute atomic E-state index is 0.0440. The average molecular weight is 237 g/mol. The Kier molecular flexibility index (Phi) is 3.10. The molecule has 1 atom stereocenters. The molecule has 1 amide bonds. The van der Waals surface area contributed by atoms with Crippen LogP contribution in [0, 0.1) is 0 Å². The number of fused-ring (bicyclic) bond motifs is 1. The topological polar surface area (TPSA) is 103 Å². The number of amides is 1. The van der Waals surface area contributed by atoms with Crippen molar-refractivity contribution in [1.29, 1.82) is 0 Å². The van der Waals surface area contributed by atoms with Gasteiger partial charge in [0, 0.05) is 12.6 Å². The zero-order valence-corrected chi connectivity index (χ0v) is 9.55. The van der Waals surface area contributed by atoms with Gasteiger partial charge in [-0.05, 0) is 6.92 Å². The molecule has 2 aliphatic heterocycles. The van der Waals surface area contributed by atoms with E-state index in [9.17, 15) is 4.79 Å². The maximum Gasteiger partial charge on any atom is 0.270 e. The number of hydrogen-bond acceptors (Lipinski definition) is 6. The molecule has 0 aromatic heterocycles. The first-order valence-corrected chi connectivity index (χ1v) is 5.46. The van der Waals surface area contributed by atoms with Crippen LogP contribution in [0.15, 0.2) is 21.8 Å². The van der Waals surface area contributed by atoms with E-state index in [1.807, 2.05) is 6.92 Å². The summed E-state index contributed by atoms with van der Waals surface area (Å²) in [7, 11) is 0. The van der Waals surface area contributed by atoms with Gasteiger partial charge in [-0.15, -0.1) is 0 Å². The summed E-state index contributed by atoms with van der Waals surface area (Å²) < 4.78 is 0. The summed E-state index contributed by atoms with van der Waals surface area (Å²) in [6.07, 6.45) is 1.58. The molecule has 0 radical (unpaired) electrons. The molecule has 0 aromatic carbocycles. The number of hydrogen-bond donors (Lipinski definition) is 3. The highest BCUT2D eigenvalue weighted by Gasteiger charge is 2.30. The van der Waals surface area contributed by atoms with Crippen LogP contribution >= 0.6 is 0 Å². The first-order valence-electron chi connectivity index (χ1n) is 5.46. The second-order valence-electron chi connectivity index (χ2n) is 3.79. The summed E-state index contributed by atoms with van der Waals surface area (Å²) in [5.41, 5.74) is 6.00. The summed E-state index contributed by atoms with van der Waals surface area (Å²) in [5.74, 6) is 0.548. The van der Waals surface area contributed by atoms with Crippen molar-refractivity contribution < 1.29 is 9.90 Å². The number of nitrogens with one attached hydrogen (secondary N) is 1. The number of guanidine groups is 1. The van der Waals surface area contributed by atoms with Crippen molar-refractivity contribution >= 4 is 17.7 Å². The number of aliphatic hydroxyl groups is 1. The molecule has 1 unspecified atom stereocenters. The fourth-order valence-electron chi connectivity index (χ4n) is 1.73. The number of carbonyl (C=O) groups is 1. The second-order valence-corrected chi connectivity index (χ2v) is 3.79. The van der Waals surface area contributed by atoms with Gasteiger partial charge in [0.15, 0.2) is 0 Å². The van der Waals surface area contributed by atoms with Crippen molar-refractivity contribution in [2.24, 2.45) is 15.7 Å². The Morgan fingerprint density at radius 2 is 2.53 bits per heavy atom. The lowest BCUT2D eigenvalue weighted by Gasteiger charge is -2.21. The summed E-state index contributed by atoms with van der Waals surface area (Å²) in [4.78, 5) is 21.6. The van der Waals surface area contributed by atoms with Crippen LogP contribution in [0.4, 0.5) is 0 Å². The second kappa shape index (κ2) is 4.54. The quantitative estimate of drug-likeness (QED) is 0.550. The van der Waals surface area contributed by atoms with Crippen molar-refractivity contribution in [3.63, 3.8) is 0 Å². The number of carbonyl (C=O) groups excluding carboxylic acids is 1. The van der Waals surface area contributed by atoms with Crippen LogP contribution in [0.5, 0.6) is 0 Å². The maximum atomic E-state index is 11.6. The predicted octanol–water partition coefficient (Wildman–Crippen LogP) is -1.59. The fraction of sp³-hybridized carbons (Fsp3) is 0.500. The van der Waals surface area contributed by atoms with E-state index >= 15 is 0 Å². The fourth-order valence-corrected chi connectivity index (χ4v) is 1.73. The molecule has 0 spiro atoms. The zero-order chi connectivity index (χ0) is 12.4. The minimum atomic E-state index is -0.273. The number of aliphatic imine (C=N–C) groups is 2. The smallest absolute Gasteiger partial charge is 0.270 e. The van der Waals surface area contributed by atoms with Gasteiger partial charge in [-0.1, -0.05) is 0 Å². The molecular weight excluding hydrogens is 222 g/mol. The van der Waals surface area contributed by atoms with Crippen LogP contribution in [0.1, 0.15) is 6.92 Å². The molecule has 0 aliphatic carbocycles. The Balaban J connectivity index is 2.24. The maximum absolute atomic E-state index is 11.6. The molecule has 0 aromatic rings. The van der Waals surface area contributed by atoms with Gasteiger partial charge in [-0.25, -0.2) is 4.99 Å². The van der Waals surface area contributed by atoms with Crippen LogP contribution in [0.3, 0.4) is 0 Å². The van der Waals surface area contributed by atoms with Crippen molar-refractivity contribution in [3.8, 4) is 0 Å². The highest BCUT2D eigenvalue weighted by Crippen LogP contribution is 2.16. The first-order chi connectivity index (χ1) is 8.15. The number of amidine groups is 1. The van der Waals surface area contributed by atoms with Gasteiger partial charge in [0.1, 0.15) is 11.5 Å². The average Bonchev–Trinajstić information content (AvgIpc) is 2.73. The van der Waals surface area contributed by atoms with E-state index in [1.54, 1.807) is 11.0 Å². The number of likely N-dealkylation sites (N-methyl/N-ethyl adjacent to an activating group) is 1. The lowest BCUT2D eigenvalue weighted by Crippen LogP contribution is -2.43. The van der Waals surface area contributed by atoms with Gasteiger partial charge in [0.25, 0.3) is 5.91 Å². The number of aliphatic hydroxyl groups excluding tert-OH is 1. The third-order valence-corrected chi connectivity index (χ3v) is 2.54. The number of nitrogens with two attached hydrogens (primary N) is 1. The third-order valence-electron chi connectivity index (χ3n) is 2.54. The normalized spacial score (nSPS) is 22.6. The summed E-state index contributed by atoms with van der Waals surface area (Å²) in [5, 5.41) is 11.7. The van der Waals surface area contributed by atoms with E-state index in [4.69, 9.17) is 10.8 Å². The van der Waals surface area contributed by atoms with Crippen molar-refractivity contribution in [3.05, 3.63) is 11.8 Å². The third kappa shape index (κ3) is 2.14. The Morgan fingerprint density at radius 1 is 1.76 bits per heavy atom. The van der Waals surface area contributed by atoms with Crippen LogP contribution in [0.25, 0.3) is 0 Å². The molecule has 2 rings (SSSR count). The van der Waals surface area contributed by atoms with Crippen molar-refractivity contribution in [1.82, 2.24) is 10.2 Å². The zero-order valence-electron chi connectivity index (χ0n) is 9.55. The van der Waals surface area contributed by atoms with E-state index in [0.29, 0.717) is 18.9 Å². The van der Waals surface area contributed by atoms with Gasteiger partial charge < -0.3 is 16.2 Å². The summed E-state index contributed by atoms with van der Waals surface area (Å²) in [6.45, 7) is 2.81. The van der Waals surface area contributed by atoms with Gasteiger partial charge in [0.05, 0.1) is 19.2 Å². The van der Waals surface area contributed by atoms with Crippen LogP contribution in [-0.4, -0.2) is 53.4 Å². The lowest BCUT2D eigenvalue weighted by molar-refractivity contribution is -0.117. The summed E-state index contributed by atoms with van der Waals surface area (Å²) >= 11 is 0. The van der Waals surface area contributed by atoms with E-state index in [2.05, 4.69) is 15.3 Å². The number of rotatable bonds is 3. The molecule has 17 heavy (non-hydrogen) atoms. The monoisotopic (exact) mass is 237 g/mol. The molecule has 0 bridgehead atoms. The Bertz CT molecular complexity index is 426. The molecule has 0 saturated carbocycles. The van der Waals surface area contributed by atoms with Gasteiger partial charge >= 0.3 is 0 Å². The highest BCUT2D eigenvalue weighted by atomic mass is 16.3. The molecule has 2 aliphatic rings. The Hall–Kier alpha value is -1.89. The largest absolute Gasteiger partial charge is 0.394 e. The SMILES string of the molecule is CCNC(=O)C1=CC2=NC(CO)CN2C(N)=N1. The first kappa shape index (κ1) is 11.6. The Morgan fingerprint density at radius 3 is 3.18 bits per heavy atom. The number of nitrogens with zero attached hydrogens (tertiary/aromatic N) is 3. The molecular formula is C10H15N5O2. The standard InChI is InChI=1S/C10H15N5O2/c1-2-12-9(17)7-3-8-13-6(5-16)4-15(8)10(11)14-7/h3,6,16H,2,4-5H2,1H3,(H2,11,14)(H,12,17). The lowest BCUT2D eigenvalue weighted by atomic mass is 10.3.